The molecule has 1 amide bonds. The van der Waals surface area contributed by atoms with Crippen molar-refractivity contribution in [3.05, 3.63) is 35.3 Å². The number of hydrogen-bond donors (Lipinski definition) is 0. The molecule has 118 valence electrons. The Hall–Kier alpha value is -1.84. The van der Waals surface area contributed by atoms with Crippen LogP contribution < -0.4 is 0 Å². The second-order valence-corrected chi connectivity index (χ2v) is 6.80. The first-order chi connectivity index (χ1) is 10.5. The summed E-state index contributed by atoms with van der Waals surface area (Å²) in [5.41, 5.74) is 3.67. The SMILES string of the molecule is CCc1nc2c(C)cccn2c1C(=O)N1CC(C)CC(C)C1. The van der Waals surface area contributed by atoms with Gasteiger partial charge in [-0.15, -0.1) is 0 Å². The summed E-state index contributed by atoms with van der Waals surface area (Å²) < 4.78 is 1.97. The summed E-state index contributed by atoms with van der Waals surface area (Å²) in [4.78, 5) is 19.8. The maximum Gasteiger partial charge on any atom is 0.272 e. The Balaban J connectivity index is 2.05. The zero-order valence-electron chi connectivity index (χ0n) is 14.0. The van der Waals surface area contributed by atoms with Gasteiger partial charge in [0.15, 0.2) is 0 Å². The number of imidazole rings is 1. The fraction of sp³-hybridized carbons (Fsp3) is 0.556. The average Bonchev–Trinajstić information content (AvgIpc) is 2.85. The second-order valence-electron chi connectivity index (χ2n) is 6.80. The third-order valence-corrected chi connectivity index (χ3v) is 4.61. The molecule has 3 rings (SSSR count). The molecule has 22 heavy (non-hydrogen) atoms. The fourth-order valence-electron chi connectivity index (χ4n) is 3.70. The topological polar surface area (TPSA) is 37.6 Å². The van der Waals surface area contributed by atoms with Crippen LogP contribution in [-0.2, 0) is 6.42 Å². The van der Waals surface area contributed by atoms with Crippen LogP contribution >= 0.6 is 0 Å². The minimum atomic E-state index is 0.133. The van der Waals surface area contributed by atoms with E-state index in [1.807, 2.05) is 34.6 Å². The highest BCUT2D eigenvalue weighted by Crippen LogP contribution is 2.24. The molecule has 1 saturated heterocycles. The Kier molecular flexibility index (Phi) is 3.94. The summed E-state index contributed by atoms with van der Waals surface area (Å²) in [5.74, 6) is 1.27. The first-order valence-corrected chi connectivity index (χ1v) is 8.27. The van der Waals surface area contributed by atoms with E-state index in [4.69, 9.17) is 4.98 Å². The van der Waals surface area contributed by atoms with Gasteiger partial charge in [-0.1, -0.05) is 26.8 Å². The Morgan fingerprint density at radius 2 is 2.00 bits per heavy atom. The van der Waals surface area contributed by atoms with Gasteiger partial charge in [0, 0.05) is 19.3 Å². The number of carbonyl (C=O) groups is 1. The van der Waals surface area contributed by atoms with Crippen LogP contribution in [0.4, 0.5) is 0 Å². The number of pyridine rings is 1. The molecule has 1 aliphatic rings. The molecule has 0 spiro atoms. The summed E-state index contributed by atoms with van der Waals surface area (Å²) >= 11 is 0. The van der Waals surface area contributed by atoms with E-state index in [1.54, 1.807) is 0 Å². The minimum absolute atomic E-state index is 0.133. The van der Waals surface area contributed by atoms with Crippen molar-refractivity contribution in [2.24, 2.45) is 11.8 Å². The Morgan fingerprint density at radius 3 is 2.64 bits per heavy atom. The van der Waals surface area contributed by atoms with Crippen molar-refractivity contribution in [2.75, 3.05) is 13.1 Å². The summed E-state index contributed by atoms with van der Waals surface area (Å²) in [5, 5.41) is 0. The summed E-state index contributed by atoms with van der Waals surface area (Å²) in [7, 11) is 0. The number of piperidine rings is 1. The lowest BCUT2D eigenvalue weighted by Crippen LogP contribution is -2.43. The van der Waals surface area contributed by atoms with Crippen molar-refractivity contribution in [3.8, 4) is 0 Å². The predicted molar refractivity (Wildman–Crippen MR) is 88.2 cm³/mol. The van der Waals surface area contributed by atoms with Crippen molar-refractivity contribution >= 4 is 11.6 Å². The molecule has 4 heteroatoms. The van der Waals surface area contributed by atoms with Crippen LogP contribution in [0.5, 0.6) is 0 Å². The molecule has 2 unspecified atom stereocenters. The zero-order valence-corrected chi connectivity index (χ0v) is 14.0. The number of amides is 1. The van der Waals surface area contributed by atoms with Gasteiger partial charge in [-0.3, -0.25) is 9.20 Å². The highest BCUT2D eigenvalue weighted by atomic mass is 16.2. The molecular weight excluding hydrogens is 274 g/mol. The standard InChI is InChI=1S/C18H25N3O/c1-5-15-16(21-8-6-7-14(4)17(21)19-15)18(22)20-10-12(2)9-13(3)11-20/h6-8,12-13H,5,9-11H2,1-4H3. The van der Waals surface area contributed by atoms with Gasteiger partial charge in [0.2, 0.25) is 0 Å². The van der Waals surface area contributed by atoms with Gasteiger partial charge >= 0.3 is 0 Å². The Morgan fingerprint density at radius 1 is 1.32 bits per heavy atom. The first kappa shape index (κ1) is 15.1. The van der Waals surface area contributed by atoms with Gasteiger partial charge in [-0.2, -0.15) is 0 Å². The van der Waals surface area contributed by atoms with Crippen LogP contribution in [0.25, 0.3) is 5.65 Å². The van der Waals surface area contributed by atoms with Crippen molar-refractivity contribution in [2.45, 2.75) is 40.5 Å². The molecule has 4 nitrogen and oxygen atoms in total. The lowest BCUT2D eigenvalue weighted by atomic mass is 9.91. The lowest BCUT2D eigenvalue weighted by molar-refractivity contribution is 0.0615. The molecule has 0 N–H and O–H groups in total. The van der Waals surface area contributed by atoms with E-state index in [0.29, 0.717) is 11.8 Å². The molecule has 0 aromatic carbocycles. The van der Waals surface area contributed by atoms with Crippen LogP contribution in [-0.4, -0.2) is 33.3 Å². The van der Waals surface area contributed by atoms with E-state index in [0.717, 1.165) is 42.1 Å². The Bertz CT molecular complexity index is 694. The molecule has 2 aromatic rings. The highest BCUT2D eigenvalue weighted by molar-refractivity contribution is 5.95. The number of likely N-dealkylation sites (tertiary alicyclic amines) is 1. The first-order valence-electron chi connectivity index (χ1n) is 8.27. The van der Waals surface area contributed by atoms with Crippen LogP contribution in [0.1, 0.15) is 48.9 Å². The van der Waals surface area contributed by atoms with Crippen LogP contribution in [0.2, 0.25) is 0 Å². The molecule has 3 heterocycles. The predicted octanol–water partition coefficient (Wildman–Crippen LogP) is 3.32. The van der Waals surface area contributed by atoms with E-state index < -0.39 is 0 Å². The minimum Gasteiger partial charge on any atom is -0.337 e. The molecule has 0 radical (unpaired) electrons. The lowest BCUT2D eigenvalue weighted by Gasteiger charge is -2.35. The van der Waals surface area contributed by atoms with E-state index in [-0.39, 0.29) is 5.91 Å². The van der Waals surface area contributed by atoms with Crippen molar-refractivity contribution < 1.29 is 4.79 Å². The van der Waals surface area contributed by atoms with Gasteiger partial charge < -0.3 is 4.90 Å². The highest BCUT2D eigenvalue weighted by Gasteiger charge is 2.29. The third kappa shape index (κ3) is 2.51. The van der Waals surface area contributed by atoms with Crippen molar-refractivity contribution in [1.82, 2.24) is 14.3 Å². The van der Waals surface area contributed by atoms with Crippen molar-refractivity contribution in [3.63, 3.8) is 0 Å². The number of fused-ring (bicyclic) bond motifs is 1. The number of hydrogen-bond acceptors (Lipinski definition) is 2. The number of rotatable bonds is 2. The maximum atomic E-state index is 13.1. The molecule has 0 bridgehead atoms. The van der Waals surface area contributed by atoms with Crippen molar-refractivity contribution in [1.29, 1.82) is 0 Å². The summed E-state index contributed by atoms with van der Waals surface area (Å²) in [6.45, 7) is 10.3. The molecule has 2 aromatic heterocycles. The third-order valence-electron chi connectivity index (χ3n) is 4.61. The summed E-state index contributed by atoms with van der Waals surface area (Å²) in [6, 6.07) is 4.03. The maximum absolute atomic E-state index is 13.1. The largest absolute Gasteiger partial charge is 0.337 e. The number of nitrogens with zero attached hydrogens (tertiary/aromatic N) is 3. The average molecular weight is 299 g/mol. The molecule has 0 saturated carbocycles. The van der Waals surface area contributed by atoms with Gasteiger partial charge in [-0.05, 0) is 43.2 Å². The number of aryl methyl sites for hydroxylation is 2. The quantitative estimate of drug-likeness (QED) is 0.853. The Labute approximate surface area is 132 Å². The normalized spacial score (nSPS) is 22.3. The van der Waals surface area contributed by atoms with Crippen LogP contribution in [0.15, 0.2) is 18.3 Å². The fourth-order valence-corrected chi connectivity index (χ4v) is 3.70. The monoisotopic (exact) mass is 299 g/mol. The number of carbonyl (C=O) groups excluding carboxylic acids is 1. The van der Waals surface area contributed by atoms with E-state index in [2.05, 4.69) is 20.8 Å². The van der Waals surface area contributed by atoms with E-state index in [9.17, 15) is 4.79 Å². The molecule has 1 fully saturated rings. The summed E-state index contributed by atoms with van der Waals surface area (Å²) in [6.07, 6.45) is 3.94. The van der Waals surface area contributed by atoms with Gasteiger partial charge in [0.1, 0.15) is 11.3 Å². The zero-order chi connectivity index (χ0) is 15.9. The van der Waals surface area contributed by atoms with Gasteiger partial charge in [-0.25, -0.2) is 4.98 Å². The smallest absolute Gasteiger partial charge is 0.272 e. The van der Waals surface area contributed by atoms with Gasteiger partial charge in [0.05, 0.1) is 5.69 Å². The molecule has 2 atom stereocenters. The van der Waals surface area contributed by atoms with E-state index in [1.165, 1.54) is 6.42 Å². The van der Waals surface area contributed by atoms with Crippen LogP contribution in [0.3, 0.4) is 0 Å². The van der Waals surface area contributed by atoms with Gasteiger partial charge in [0.25, 0.3) is 5.91 Å². The van der Waals surface area contributed by atoms with Crippen LogP contribution in [0, 0.1) is 18.8 Å². The molecule has 1 aliphatic heterocycles. The second kappa shape index (κ2) is 5.75. The van der Waals surface area contributed by atoms with E-state index >= 15 is 0 Å². The molecular formula is C18H25N3O. The molecule has 0 aliphatic carbocycles. The number of aromatic nitrogens is 2.